The van der Waals surface area contributed by atoms with Gasteiger partial charge < -0.3 is 55.1 Å². The fraction of sp³-hybridized carbons (Fsp3) is 0.476. The third-order valence-electron chi connectivity index (χ3n) is 15.3. The van der Waals surface area contributed by atoms with E-state index in [9.17, 15) is 29.1 Å². The Morgan fingerprint density at radius 3 is 2.28 bits per heavy atom. The minimum absolute atomic E-state index is 0.0253. The zero-order chi connectivity index (χ0) is 60.6. The standard InChI is InChI=1S/C63H81N11O10S/c1-42-54(85-41-67-42)46-20-18-44(19-21-46)37-66-57(78)52-36-50(75)39-74(52)59(79)62(6,7)43(2)68-53(76)40-82-32-13-31-81-30-9-8-10-33-83-51-17-11-14-45(34-51)38-65-56(77)48-15-12-16-49(35-48)70-63(24-28-73(29-25-63)60(80)84-61(3,4)5)58-69-55(71-72-58)47-22-26-64-27-23-47/h11-12,14-23,26-27,34-35,41,43,50,52,70,75H,8-10,13,24-25,28-33,36-40H2,1-7H3,(H,65,77)(H,66,78)(H,68,76)(H,69,71,72)/t43-,50+,52-/m0/s1. The van der Waals surface area contributed by atoms with Crippen LogP contribution in [0.4, 0.5) is 10.5 Å². The highest BCUT2D eigenvalue weighted by Gasteiger charge is 2.46. The summed E-state index contributed by atoms with van der Waals surface area (Å²) >= 11 is 1.57. The number of anilines is 1. The Kier molecular flexibility index (Phi) is 21.8. The first-order chi connectivity index (χ1) is 40.8. The number of thiazole rings is 1. The summed E-state index contributed by atoms with van der Waals surface area (Å²) in [4.78, 5) is 84.4. The van der Waals surface area contributed by atoms with Crippen LogP contribution in [0.25, 0.3) is 21.8 Å². The summed E-state index contributed by atoms with van der Waals surface area (Å²) in [5, 5.41) is 30.8. The number of aromatic amines is 1. The molecule has 6 aromatic rings. The molecule has 0 aliphatic carbocycles. The lowest BCUT2D eigenvalue weighted by molar-refractivity contribution is -0.147. The van der Waals surface area contributed by atoms with Crippen LogP contribution in [-0.2, 0) is 47.2 Å². The van der Waals surface area contributed by atoms with Crippen LogP contribution in [0, 0.1) is 12.3 Å². The summed E-state index contributed by atoms with van der Waals surface area (Å²) in [7, 11) is 0. The number of carbonyl (C=O) groups excluding carboxylic acids is 5. The third kappa shape index (κ3) is 17.6. The van der Waals surface area contributed by atoms with Crippen molar-refractivity contribution in [2.45, 2.75) is 136 Å². The lowest BCUT2D eigenvalue weighted by Crippen LogP contribution is -2.56. The average molecular weight is 1180 g/mol. The molecule has 2 aliphatic rings. The minimum atomic E-state index is -1.08. The third-order valence-corrected chi connectivity index (χ3v) is 16.3. The molecule has 3 atom stereocenters. The largest absolute Gasteiger partial charge is 0.494 e. The molecule has 2 aliphatic heterocycles. The molecular formula is C63H81N11O10S. The molecule has 5 heterocycles. The molecule has 6 N–H and O–H groups in total. The van der Waals surface area contributed by atoms with Gasteiger partial charge in [-0.05, 0) is 146 Å². The van der Waals surface area contributed by atoms with E-state index < -0.39 is 34.7 Å². The average Bonchev–Trinajstić information content (AvgIpc) is 2.37. The van der Waals surface area contributed by atoms with Gasteiger partial charge in [0.05, 0.1) is 34.2 Å². The van der Waals surface area contributed by atoms with E-state index in [1.807, 2.05) is 112 Å². The first-order valence-electron chi connectivity index (χ1n) is 29.2. The number of hydrogen-bond donors (Lipinski definition) is 6. The van der Waals surface area contributed by atoms with Crippen LogP contribution in [0.15, 0.2) is 103 Å². The van der Waals surface area contributed by atoms with Crippen LogP contribution < -0.4 is 26.0 Å². The van der Waals surface area contributed by atoms with E-state index in [0.717, 1.165) is 52.1 Å². The number of likely N-dealkylation sites (tertiary alicyclic amines) is 2. The monoisotopic (exact) mass is 1180 g/mol. The maximum Gasteiger partial charge on any atom is 0.410 e. The molecule has 2 saturated heterocycles. The van der Waals surface area contributed by atoms with Gasteiger partial charge in [0, 0.05) is 94.2 Å². The zero-order valence-electron chi connectivity index (χ0n) is 49.8. The second-order valence-corrected chi connectivity index (χ2v) is 24.2. The number of nitrogens with zero attached hydrogens (tertiary/aromatic N) is 6. The summed E-state index contributed by atoms with van der Waals surface area (Å²) in [6.07, 6.45) is 6.51. The van der Waals surface area contributed by atoms with Gasteiger partial charge in [-0.15, -0.1) is 11.3 Å². The Morgan fingerprint density at radius 2 is 1.54 bits per heavy atom. The number of carbonyl (C=O) groups is 5. The van der Waals surface area contributed by atoms with Gasteiger partial charge in [-0.1, -0.05) is 42.5 Å². The number of ether oxygens (including phenoxy) is 4. The Bertz CT molecular complexity index is 3180. The van der Waals surface area contributed by atoms with E-state index >= 15 is 0 Å². The van der Waals surface area contributed by atoms with E-state index in [1.165, 1.54) is 4.90 Å². The SMILES string of the molecule is Cc1ncsc1-c1ccc(CNC(=O)[C@@H]2C[C@@H](O)CN2C(=O)C(C)(C)[C@H](C)NC(=O)COCCCOCCCCCOc2cccc(CNC(=O)c3cccc(NC4(c5nc(-c6ccncc6)n[nH]5)CCN(C(=O)OC(C)(C)C)CC4)c3)c2)cc1. The number of β-amino-alcohol motifs (C(OH)–C–C–N with tert-alkyl or cyclic N) is 1. The molecule has 22 heteroatoms. The van der Waals surface area contributed by atoms with E-state index in [4.69, 9.17) is 23.9 Å². The second-order valence-electron chi connectivity index (χ2n) is 23.3. The molecule has 3 aromatic heterocycles. The highest BCUT2D eigenvalue weighted by molar-refractivity contribution is 7.13. The lowest BCUT2D eigenvalue weighted by Gasteiger charge is -2.41. The van der Waals surface area contributed by atoms with Crippen molar-refractivity contribution in [3.8, 4) is 27.6 Å². The number of aliphatic hydroxyl groups is 1. The van der Waals surface area contributed by atoms with Gasteiger partial charge in [0.25, 0.3) is 5.91 Å². The van der Waals surface area contributed by atoms with Crippen molar-refractivity contribution in [2.75, 3.05) is 58.0 Å². The van der Waals surface area contributed by atoms with Crippen LogP contribution in [0.1, 0.15) is 119 Å². The molecule has 21 nitrogen and oxygen atoms in total. The predicted molar refractivity (Wildman–Crippen MR) is 323 cm³/mol. The van der Waals surface area contributed by atoms with Gasteiger partial charge in [0.1, 0.15) is 29.5 Å². The number of aliphatic hydroxyl groups excluding tert-OH is 1. The number of unbranched alkanes of at least 4 members (excludes halogenated alkanes) is 2. The molecule has 85 heavy (non-hydrogen) atoms. The lowest BCUT2D eigenvalue weighted by atomic mass is 9.83. The van der Waals surface area contributed by atoms with Crippen molar-refractivity contribution in [1.82, 2.24) is 50.9 Å². The molecule has 0 unspecified atom stereocenters. The Morgan fingerprint density at radius 1 is 0.824 bits per heavy atom. The van der Waals surface area contributed by atoms with Crippen LogP contribution in [0.5, 0.6) is 5.75 Å². The fourth-order valence-corrected chi connectivity index (χ4v) is 10.9. The topological polar surface area (TPSA) is 264 Å². The Hall–Kier alpha value is -7.79. The molecule has 8 rings (SSSR count). The van der Waals surface area contributed by atoms with Gasteiger partial charge in [0.15, 0.2) is 11.6 Å². The first kappa shape index (κ1) is 63.2. The number of aryl methyl sites for hydroxylation is 1. The fourth-order valence-electron chi connectivity index (χ4n) is 10.1. The number of amides is 5. The van der Waals surface area contributed by atoms with E-state index in [-0.39, 0.29) is 55.8 Å². The highest BCUT2D eigenvalue weighted by atomic mass is 32.1. The molecule has 3 aromatic carbocycles. The number of H-pyrrole nitrogens is 1. The van der Waals surface area contributed by atoms with Crippen LogP contribution in [0.3, 0.4) is 0 Å². The smallest absolute Gasteiger partial charge is 0.410 e. The number of hydrogen-bond acceptors (Lipinski definition) is 16. The zero-order valence-corrected chi connectivity index (χ0v) is 50.6. The van der Waals surface area contributed by atoms with E-state index in [0.29, 0.717) is 94.0 Å². The van der Waals surface area contributed by atoms with Gasteiger partial charge in [-0.3, -0.25) is 29.3 Å². The van der Waals surface area contributed by atoms with Crippen molar-refractivity contribution in [3.05, 3.63) is 131 Å². The van der Waals surface area contributed by atoms with Gasteiger partial charge >= 0.3 is 6.09 Å². The van der Waals surface area contributed by atoms with E-state index in [2.05, 4.69) is 41.4 Å². The van der Waals surface area contributed by atoms with Crippen LogP contribution in [0.2, 0.25) is 0 Å². The number of aromatic nitrogens is 5. The highest BCUT2D eigenvalue weighted by Crippen LogP contribution is 2.37. The van der Waals surface area contributed by atoms with Gasteiger partial charge in [-0.25, -0.2) is 14.8 Å². The summed E-state index contributed by atoms with van der Waals surface area (Å²) in [6, 6.07) is 25.1. The van der Waals surface area contributed by atoms with Gasteiger partial charge in [0.2, 0.25) is 17.7 Å². The minimum Gasteiger partial charge on any atom is -0.494 e. The Balaban J connectivity index is 0.686. The molecule has 0 spiro atoms. The van der Waals surface area contributed by atoms with Crippen LogP contribution >= 0.6 is 11.3 Å². The molecule has 0 radical (unpaired) electrons. The van der Waals surface area contributed by atoms with Gasteiger partial charge in [-0.2, -0.15) is 5.10 Å². The number of rotatable bonds is 27. The van der Waals surface area contributed by atoms with Crippen LogP contribution in [-0.4, -0.2) is 146 Å². The van der Waals surface area contributed by atoms with Crippen molar-refractivity contribution in [3.63, 3.8) is 0 Å². The van der Waals surface area contributed by atoms with Crippen molar-refractivity contribution in [2.24, 2.45) is 5.41 Å². The number of nitrogens with one attached hydrogen (secondary N) is 5. The maximum atomic E-state index is 13.9. The molecule has 5 amide bonds. The molecule has 454 valence electrons. The molecular weight excluding hydrogens is 1100 g/mol. The first-order valence-corrected chi connectivity index (χ1v) is 30.1. The quantitative estimate of drug-likeness (QED) is 0.0265. The summed E-state index contributed by atoms with van der Waals surface area (Å²) in [5.41, 5.74) is 5.21. The number of pyridine rings is 1. The number of piperidine rings is 1. The second kappa shape index (κ2) is 29.3. The predicted octanol–water partition coefficient (Wildman–Crippen LogP) is 8.35. The molecule has 2 fully saturated rings. The summed E-state index contributed by atoms with van der Waals surface area (Å²) in [6.45, 7) is 15.9. The van der Waals surface area contributed by atoms with E-state index in [1.54, 1.807) is 55.5 Å². The Labute approximate surface area is 501 Å². The molecule has 0 bridgehead atoms. The van der Waals surface area contributed by atoms with Crippen molar-refractivity contribution >= 4 is 46.7 Å². The normalized spacial score (nSPS) is 16.3. The van der Waals surface area contributed by atoms with Crippen molar-refractivity contribution < 1.29 is 48.0 Å². The summed E-state index contributed by atoms with van der Waals surface area (Å²) in [5.74, 6) is 0.584. The van der Waals surface area contributed by atoms with Crippen molar-refractivity contribution in [1.29, 1.82) is 0 Å². The number of benzene rings is 3. The summed E-state index contributed by atoms with van der Waals surface area (Å²) < 4.78 is 23.2. The molecule has 0 saturated carbocycles. The maximum absolute atomic E-state index is 13.9.